The molecule has 0 radical (unpaired) electrons. The summed E-state index contributed by atoms with van der Waals surface area (Å²) in [7, 11) is -1.30. The third kappa shape index (κ3) is 13.2. The number of carbonyl (C=O) groups excluding carboxylic acids is 1. The Morgan fingerprint density at radius 2 is 1.89 bits per heavy atom. The number of hydrogen-bond acceptors (Lipinski definition) is 4. The molecule has 110 valence electrons. The van der Waals surface area contributed by atoms with E-state index in [1.54, 1.807) is 6.92 Å². The molecule has 0 spiro atoms. The fourth-order valence-electron chi connectivity index (χ4n) is 0.751. The fourth-order valence-corrected chi connectivity index (χ4v) is 1.34. The van der Waals surface area contributed by atoms with E-state index in [-0.39, 0.29) is 12.1 Å². The Bertz CT molecular complexity index is 334. The first-order chi connectivity index (χ1) is 8.61. The molecular formula is C14H26O4Si. The second-order valence-electron chi connectivity index (χ2n) is 5.76. The first-order valence-corrected chi connectivity index (χ1v) is 9.78. The zero-order valence-corrected chi connectivity index (χ0v) is 13.9. The summed E-state index contributed by atoms with van der Waals surface area (Å²) in [6.45, 7) is 16.7. The van der Waals surface area contributed by atoms with Gasteiger partial charge in [0.2, 0.25) is 8.32 Å². The van der Waals surface area contributed by atoms with Crippen LogP contribution < -0.4 is 0 Å². The molecule has 1 fully saturated rings. The average Bonchev–Trinajstić information content (AvgIpc) is 3.06. The van der Waals surface area contributed by atoms with Gasteiger partial charge in [-0.25, -0.2) is 4.79 Å². The Morgan fingerprint density at radius 1 is 1.37 bits per heavy atom. The zero-order valence-electron chi connectivity index (χ0n) is 12.9. The van der Waals surface area contributed by atoms with Gasteiger partial charge in [0.05, 0.1) is 12.9 Å². The summed E-state index contributed by atoms with van der Waals surface area (Å²) < 4.78 is 15.1. The second kappa shape index (κ2) is 8.17. The van der Waals surface area contributed by atoms with E-state index in [0.717, 1.165) is 0 Å². The van der Waals surface area contributed by atoms with Gasteiger partial charge < -0.3 is 13.9 Å². The highest BCUT2D eigenvalue weighted by atomic mass is 28.4. The Balaban J connectivity index is 0.000000344. The Kier molecular flexibility index (Phi) is 7.71. The van der Waals surface area contributed by atoms with Crippen molar-refractivity contribution in [1.82, 2.24) is 0 Å². The molecule has 1 atom stereocenters. The Hall–Kier alpha value is -1.07. The lowest BCUT2D eigenvalue weighted by molar-refractivity contribution is -0.139. The molecule has 1 rings (SSSR count). The first-order valence-electron chi connectivity index (χ1n) is 6.37. The van der Waals surface area contributed by atoms with Crippen molar-refractivity contribution in [2.45, 2.75) is 46.5 Å². The number of hydrogen-bond donors (Lipinski definition) is 0. The van der Waals surface area contributed by atoms with E-state index in [2.05, 4.69) is 26.2 Å². The molecule has 0 aromatic heterocycles. The summed E-state index contributed by atoms with van der Waals surface area (Å²) in [6.07, 6.45) is 2.00. The summed E-state index contributed by atoms with van der Waals surface area (Å²) >= 11 is 0. The van der Waals surface area contributed by atoms with Crippen molar-refractivity contribution in [3.05, 3.63) is 24.0 Å². The number of esters is 1. The molecule has 0 aromatic carbocycles. The van der Waals surface area contributed by atoms with Crippen LogP contribution in [0.3, 0.4) is 0 Å². The maximum atomic E-state index is 10.7. The minimum absolute atomic E-state index is 0.142. The standard InChI is InChI=1S/C7H10O3.C7H16OSi/c1-5(2)7(8)10-4-6-3-9-6;1-7(2)6-8-9(3,4)5/h6H,1,3-4H2,2H3;6H,1-5H3. The van der Waals surface area contributed by atoms with Crippen LogP contribution in [-0.2, 0) is 18.7 Å². The van der Waals surface area contributed by atoms with E-state index in [4.69, 9.17) is 13.9 Å². The quantitative estimate of drug-likeness (QED) is 0.256. The summed E-state index contributed by atoms with van der Waals surface area (Å²) in [5, 5.41) is 0. The van der Waals surface area contributed by atoms with Crippen molar-refractivity contribution in [2.75, 3.05) is 13.2 Å². The van der Waals surface area contributed by atoms with Gasteiger partial charge in [0.25, 0.3) is 0 Å². The Morgan fingerprint density at radius 3 is 2.16 bits per heavy atom. The van der Waals surface area contributed by atoms with Gasteiger partial charge >= 0.3 is 5.97 Å². The highest BCUT2D eigenvalue weighted by Gasteiger charge is 2.24. The van der Waals surface area contributed by atoms with Gasteiger partial charge in [0, 0.05) is 5.57 Å². The third-order valence-corrected chi connectivity index (χ3v) is 2.62. The molecule has 0 saturated carbocycles. The lowest BCUT2D eigenvalue weighted by Gasteiger charge is -2.15. The van der Waals surface area contributed by atoms with Crippen molar-refractivity contribution in [3.8, 4) is 0 Å². The minimum Gasteiger partial charge on any atom is -0.550 e. The molecule has 0 bridgehead atoms. The summed E-state index contributed by atoms with van der Waals surface area (Å²) in [5.74, 6) is -0.337. The van der Waals surface area contributed by atoms with Crippen LogP contribution in [0.25, 0.3) is 0 Å². The van der Waals surface area contributed by atoms with Crippen molar-refractivity contribution in [3.63, 3.8) is 0 Å². The molecule has 0 aromatic rings. The average molecular weight is 286 g/mol. The molecule has 0 amide bonds. The van der Waals surface area contributed by atoms with Crippen LogP contribution in [-0.4, -0.2) is 33.6 Å². The number of rotatable bonds is 5. The number of carbonyl (C=O) groups is 1. The second-order valence-corrected chi connectivity index (χ2v) is 10.2. The van der Waals surface area contributed by atoms with E-state index < -0.39 is 8.32 Å². The fraction of sp³-hybridized carbons (Fsp3) is 0.643. The molecular weight excluding hydrogens is 260 g/mol. The van der Waals surface area contributed by atoms with Crippen LogP contribution >= 0.6 is 0 Å². The molecule has 1 heterocycles. The third-order valence-electron chi connectivity index (χ3n) is 1.80. The van der Waals surface area contributed by atoms with Gasteiger partial charge in [-0.05, 0) is 46.0 Å². The van der Waals surface area contributed by atoms with Crippen LogP contribution in [0.4, 0.5) is 0 Å². The summed E-state index contributed by atoms with van der Waals surface area (Å²) in [6, 6.07) is 0. The monoisotopic (exact) mass is 286 g/mol. The number of allylic oxidation sites excluding steroid dienone is 1. The topological polar surface area (TPSA) is 48.1 Å². The molecule has 0 aliphatic carbocycles. The SMILES string of the molecule is C=C(C)C(=O)OCC1CO1.CC(C)=CO[Si](C)(C)C. The van der Waals surface area contributed by atoms with Crippen LogP contribution in [0.1, 0.15) is 20.8 Å². The summed E-state index contributed by atoms with van der Waals surface area (Å²) in [5.41, 5.74) is 1.66. The zero-order chi connectivity index (χ0) is 15.1. The molecule has 4 nitrogen and oxygen atoms in total. The normalized spacial score (nSPS) is 16.6. The van der Waals surface area contributed by atoms with Gasteiger partial charge in [-0.3, -0.25) is 0 Å². The highest BCUT2D eigenvalue weighted by molar-refractivity contribution is 6.69. The molecule has 19 heavy (non-hydrogen) atoms. The predicted molar refractivity (Wildman–Crippen MR) is 79.4 cm³/mol. The number of ether oxygens (including phenoxy) is 2. The van der Waals surface area contributed by atoms with E-state index in [9.17, 15) is 4.79 Å². The van der Waals surface area contributed by atoms with E-state index in [1.165, 1.54) is 5.57 Å². The van der Waals surface area contributed by atoms with Gasteiger partial charge in [-0.15, -0.1) is 0 Å². The van der Waals surface area contributed by atoms with Gasteiger partial charge in [0.1, 0.15) is 12.7 Å². The minimum atomic E-state index is -1.30. The molecule has 1 unspecified atom stereocenters. The van der Waals surface area contributed by atoms with E-state index >= 15 is 0 Å². The first kappa shape index (κ1) is 17.9. The van der Waals surface area contributed by atoms with Crippen molar-refractivity contribution in [1.29, 1.82) is 0 Å². The molecule has 1 aliphatic heterocycles. The van der Waals surface area contributed by atoms with Crippen molar-refractivity contribution < 1.29 is 18.7 Å². The van der Waals surface area contributed by atoms with Crippen LogP contribution in [0.5, 0.6) is 0 Å². The molecule has 1 aliphatic rings. The molecule has 5 heteroatoms. The molecule has 0 N–H and O–H groups in total. The van der Waals surface area contributed by atoms with Gasteiger partial charge in [-0.1, -0.05) is 6.58 Å². The van der Waals surface area contributed by atoms with Gasteiger partial charge in [-0.2, -0.15) is 0 Å². The van der Waals surface area contributed by atoms with Gasteiger partial charge in [0.15, 0.2) is 0 Å². The van der Waals surface area contributed by atoms with Crippen molar-refractivity contribution in [2.24, 2.45) is 0 Å². The van der Waals surface area contributed by atoms with Crippen LogP contribution in [0, 0.1) is 0 Å². The van der Waals surface area contributed by atoms with Crippen molar-refractivity contribution >= 4 is 14.3 Å². The number of epoxide rings is 1. The van der Waals surface area contributed by atoms with Crippen LogP contribution in [0.2, 0.25) is 19.6 Å². The predicted octanol–water partition coefficient (Wildman–Crippen LogP) is 3.27. The lowest BCUT2D eigenvalue weighted by atomic mass is 10.4. The van der Waals surface area contributed by atoms with E-state index in [1.807, 2.05) is 20.1 Å². The maximum Gasteiger partial charge on any atom is 0.333 e. The Labute approximate surface area is 117 Å². The smallest absolute Gasteiger partial charge is 0.333 e. The molecule has 1 saturated heterocycles. The highest BCUT2D eigenvalue weighted by Crippen LogP contribution is 2.09. The maximum absolute atomic E-state index is 10.7. The summed E-state index contributed by atoms with van der Waals surface area (Å²) in [4.78, 5) is 10.7. The largest absolute Gasteiger partial charge is 0.550 e. The van der Waals surface area contributed by atoms with E-state index in [0.29, 0.717) is 18.8 Å². The van der Waals surface area contributed by atoms with Crippen LogP contribution in [0.15, 0.2) is 24.0 Å². The lowest BCUT2D eigenvalue weighted by Crippen LogP contribution is -2.22.